The van der Waals surface area contributed by atoms with Crippen LogP contribution in [0.2, 0.25) is 0 Å². The molecule has 0 aliphatic carbocycles. The number of hydrogen-bond donors (Lipinski definition) is 2. The van der Waals surface area contributed by atoms with Gasteiger partial charge in [0.05, 0.1) is 10.9 Å². The first-order valence-corrected chi connectivity index (χ1v) is 6.64. The molecule has 108 valence electrons. The zero-order valence-corrected chi connectivity index (χ0v) is 11.5. The number of H-pyrrole nitrogens is 1. The van der Waals surface area contributed by atoms with E-state index in [2.05, 4.69) is 9.97 Å². The van der Waals surface area contributed by atoms with E-state index in [1.54, 1.807) is 36.4 Å². The number of pyridine rings is 2. The Morgan fingerprint density at radius 3 is 2.68 bits per heavy atom. The highest BCUT2D eigenvalue weighted by atomic mass is 16.3. The second-order valence-corrected chi connectivity index (χ2v) is 4.68. The molecule has 0 unspecified atom stereocenters. The summed E-state index contributed by atoms with van der Waals surface area (Å²) in [7, 11) is 0. The Morgan fingerprint density at radius 2 is 1.91 bits per heavy atom. The van der Waals surface area contributed by atoms with Gasteiger partial charge in [0, 0.05) is 11.8 Å². The van der Waals surface area contributed by atoms with Crippen LogP contribution in [0.1, 0.15) is 15.9 Å². The number of aromatic nitrogens is 2. The topological polar surface area (TPSA) is 83.0 Å². The third-order valence-corrected chi connectivity index (χ3v) is 3.25. The average Bonchev–Trinajstić information content (AvgIpc) is 2.55. The summed E-state index contributed by atoms with van der Waals surface area (Å²) >= 11 is 0. The fourth-order valence-corrected chi connectivity index (χ4v) is 2.14. The van der Waals surface area contributed by atoms with E-state index in [1.165, 1.54) is 18.3 Å². The highest BCUT2D eigenvalue weighted by molar-refractivity contribution is 6.07. The molecule has 0 amide bonds. The minimum absolute atomic E-state index is 0.0322. The molecule has 3 rings (SSSR count). The zero-order chi connectivity index (χ0) is 15.5. The van der Waals surface area contributed by atoms with Crippen LogP contribution in [0, 0.1) is 0 Å². The highest BCUT2D eigenvalue weighted by Gasteiger charge is 2.10. The molecule has 0 radical (unpaired) electrons. The van der Waals surface area contributed by atoms with Gasteiger partial charge in [-0.25, -0.2) is 4.98 Å². The van der Waals surface area contributed by atoms with Crippen molar-refractivity contribution in [1.82, 2.24) is 9.97 Å². The molecule has 0 aliphatic heterocycles. The summed E-state index contributed by atoms with van der Waals surface area (Å²) < 4.78 is 0. The number of aromatic amines is 1. The van der Waals surface area contributed by atoms with Crippen LogP contribution in [0.15, 0.2) is 59.5 Å². The summed E-state index contributed by atoms with van der Waals surface area (Å²) in [6.45, 7) is 0. The fraction of sp³-hybridized carbons (Fsp3) is 0. The van der Waals surface area contributed by atoms with E-state index in [0.717, 1.165) is 0 Å². The van der Waals surface area contributed by atoms with Crippen LogP contribution >= 0.6 is 0 Å². The Kier molecular flexibility index (Phi) is 3.53. The van der Waals surface area contributed by atoms with Gasteiger partial charge in [-0.3, -0.25) is 9.59 Å². The van der Waals surface area contributed by atoms with Crippen molar-refractivity contribution in [3.8, 4) is 5.75 Å². The standard InChI is InChI=1S/C17H12N2O3/c20-14(11-5-2-1-3-6-11)9-8-13-15(21)12-7-4-10-18-16(12)19-17(13)22/h1-10H,(H2,18,19,21,22). The van der Waals surface area contributed by atoms with Crippen LogP contribution in [0.4, 0.5) is 0 Å². The lowest BCUT2D eigenvalue weighted by Crippen LogP contribution is -2.10. The van der Waals surface area contributed by atoms with E-state index < -0.39 is 5.56 Å². The van der Waals surface area contributed by atoms with Crippen LogP contribution in [0.5, 0.6) is 5.75 Å². The highest BCUT2D eigenvalue weighted by Crippen LogP contribution is 2.24. The molecule has 1 aromatic carbocycles. The number of aromatic hydroxyl groups is 1. The van der Waals surface area contributed by atoms with E-state index in [4.69, 9.17) is 0 Å². The molecule has 5 nitrogen and oxygen atoms in total. The van der Waals surface area contributed by atoms with Gasteiger partial charge in [0.25, 0.3) is 5.56 Å². The number of fused-ring (bicyclic) bond motifs is 1. The Bertz CT molecular complexity index is 928. The van der Waals surface area contributed by atoms with Crippen LogP contribution in [0.3, 0.4) is 0 Å². The van der Waals surface area contributed by atoms with Crippen LogP contribution < -0.4 is 5.56 Å². The predicted molar refractivity (Wildman–Crippen MR) is 83.8 cm³/mol. The van der Waals surface area contributed by atoms with E-state index >= 15 is 0 Å². The number of carbonyl (C=O) groups excluding carboxylic acids is 1. The van der Waals surface area contributed by atoms with Crippen molar-refractivity contribution < 1.29 is 9.90 Å². The molecular weight excluding hydrogens is 280 g/mol. The normalized spacial score (nSPS) is 11.1. The van der Waals surface area contributed by atoms with Gasteiger partial charge < -0.3 is 10.1 Å². The molecule has 0 saturated carbocycles. The monoisotopic (exact) mass is 292 g/mol. The van der Waals surface area contributed by atoms with E-state index in [-0.39, 0.29) is 17.1 Å². The molecule has 0 fully saturated rings. The smallest absolute Gasteiger partial charge is 0.260 e. The minimum atomic E-state index is -0.499. The second-order valence-electron chi connectivity index (χ2n) is 4.68. The van der Waals surface area contributed by atoms with Gasteiger partial charge in [-0.15, -0.1) is 0 Å². The summed E-state index contributed by atoms with van der Waals surface area (Å²) in [5.41, 5.74) is 0.347. The summed E-state index contributed by atoms with van der Waals surface area (Å²) in [4.78, 5) is 30.5. The van der Waals surface area contributed by atoms with Crippen LogP contribution in [-0.2, 0) is 0 Å². The summed E-state index contributed by atoms with van der Waals surface area (Å²) in [6, 6.07) is 12.0. The van der Waals surface area contributed by atoms with Crippen molar-refractivity contribution in [1.29, 1.82) is 0 Å². The third kappa shape index (κ3) is 2.52. The molecule has 0 bridgehead atoms. The molecule has 2 N–H and O–H groups in total. The molecule has 0 saturated heterocycles. The number of rotatable bonds is 3. The lowest BCUT2D eigenvalue weighted by atomic mass is 10.1. The SMILES string of the molecule is O=C(C=Cc1c(O)c2cccnc2[nH]c1=O)c1ccccc1. The molecule has 0 spiro atoms. The first-order chi connectivity index (χ1) is 10.7. The molecule has 3 aromatic rings. The Balaban J connectivity index is 2.02. The Hall–Kier alpha value is -3.21. The second kappa shape index (κ2) is 5.65. The summed E-state index contributed by atoms with van der Waals surface area (Å²) in [5.74, 6) is -0.436. The quantitative estimate of drug-likeness (QED) is 0.574. The molecule has 2 heterocycles. The maximum Gasteiger partial charge on any atom is 0.260 e. The number of hydrogen-bond acceptors (Lipinski definition) is 4. The van der Waals surface area contributed by atoms with E-state index in [0.29, 0.717) is 16.6 Å². The van der Waals surface area contributed by atoms with Gasteiger partial charge in [-0.1, -0.05) is 30.3 Å². The lowest BCUT2D eigenvalue weighted by molar-refractivity contribution is 0.104. The van der Waals surface area contributed by atoms with Crippen molar-refractivity contribution in [3.05, 3.63) is 76.2 Å². The van der Waals surface area contributed by atoms with Crippen molar-refractivity contribution in [2.75, 3.05) is 0 Å². The van der Waals surface area contributed by atoms with Crippen LogP contribution in [0.25, 0.3) is 17.1 Å². The molecule has 5 heteroatoms. The predicted octanol–water partition coefficient (Wildman–Crippen LogP) is 2.52. The van der Waals surface area contributed by atoms with Crippen LogP contribution in [-0.4, -0.2) is 20.9 Å². The maximum atomic E-state index is 12.0. The van der Waals surface area contributed by atoms with Crippen molar-refractivity contribution in [3.63, 3.8) is 0 Å². The van der Waals surface area contributed by atoms with Crippen molar-refractivity contribution in [2.45, 2.75) is 0 Å². The van der Waals surface area contributed by atoms with E-state index in [1.807, 2.05) is 6.07 Å². The maximum absolute atomic E-state index is 12.0. The average molecular weight is 292 g/mol. The number of benzene rings is 1. The largest absolute Gasteiger partial charge is 0.506 e. The summed E-state index contributed by atoms with van der Waals surface area (Å²) in [5, 5.41) is 10.6. The first kappa shape index (κ1) is 13.8. The van der Waals surface area contributed by atoms with Gasteiger partial charge in [0.2, 0.25) is 0 Å². The first-order valence-electron chi connectivity index (χ1n) is 6.64. The molecule has 0 aliphatic rings. The fourth-order valence-electron chi connectivity index (χ4n) is 2.14. The van der Waals surface area contributed by atoms with Gasteiger partial charge in [-0.2, -0.15) is 0 Å². The summed E-state index contributed by atoms with van der Waals surface area (Å²) in [6.07, 6.45) is 4.10. The minimum Gasteiger partial charge on any atom is -0.506 e. The molecule has 22 heavy (non-hydrogen) atoms. The zero-order valence-electron chi connectivity index (χ0n) is 11.5. The number of allylic oxidation sites excluding steroid dienone is 1. The van der Waals surface area contributed by atoms with Crippen molar-refractivity contribution >= 4 is 22.9 Å². The van der Waals surface area contributed by atoms with Crippen molar-refractivity contribution in [2.24, 2.45) is 0 Å². The Labute approximate surface area is 125 Å². The molecule has 0 atom stereocenters. The lowest BCUT2D eigenvalue weighted by Gasteiger charge is -2.03. The number of nitrogens with one attached hydrogen (secondary N) is 1. The Morgan fingerprint density at radius 1 is 1.14 bits per heavy atom. The molecule has 2 aromatic heterocycles. The third-order valence-electron chi connectivity index (χ3n) is 3.25. The van der Waals surface area contributed by atoms with Gasteiger partial charge >= 0.3 is 0 Å². The number of ketones is 1. The van der Waals surface area contributed by atoms with Gasteiger partial charge in [-0.05, 0) is 24.3 Å². The number of nitrogens with zero attached hydrogens (tertiary/aromatic N) is 1. The molecular formula is C17H12N2O3. The van der Waals surface area contributed by atoms with E-state index in [9.17, 15) is 14.7 Å². The van der Waals surface area contributed by atoms with Gasteiger partial charge in [0.15, 0.2) is 5.78 Å². The number of carbonyl (C=O) groups is 1. The van der Waals surface area contributed by atoms with Gasteiger partial charge in [0.1, 0.15) is 11.4 Å².